The van der Waals surface area contributed by atoms with Crippen LogP contribution in [0.2, 0.25) is 0 Å². The second kappa shape index (κ2) is 4.84. The molecule has 1 fully saturated rings. The summed E-state index contributed by atoms with van der Waals surface area (Å²) >= 11 is 0. The Morgan fingerprint density at radius 3 is 2.88 bits per heavy atom. The van der Waals surface area contributed by atoms with E-state index >= 15 is 0 Å². The monoisotopic (exact) mass is 231 g/mol. The van der Waals surface area contributed by atoms with E-state index in [1.165, 1.54) is 37.7 Å². The minimum Gasteiger partial charge on any atom is -0.312 e. The molecule has 1 saturated carbocycles. The average Bonchev–Trinajstić information content (AvgIpc) is 2.49. The van der Waals surface area contributed by atoms with Gasteiger partial charge in [0.25, 0.3) is 0 Å². The molecule has 1 nitrogen and oxygen atoms in total. The lowest BCUT2D eigenvalue weighted by atomic mass is 9.72. The largest absolute Gasteiger partial charge is 0.312 e. The van der Waals surface area contributed by atoms with Gasteiger partial charge < -0.3 is 4.85 Å². The fourth-order valence-electron chi connectivity index (χ4n) is 4.01. The third-order valence-corrected chi connectivity index (χ3v) is 5.11. The van der Waals surface area contributed by atoms with Gasteiger partial charge in [0.05, 0.1) is 0 Å². The van der Waals surface area contributed by atoms with Gasteiger partial charge in [-0.15, -0.1) is 0 Å². The van der Waals surface area contributed by atoms with Crippen molar-refractivity contribution in [3.63, 3.8) is 0 Å². The Balaban J connectivity index is 2.26. The summed E-state index contributed by atoms with van der Waals surface area (Å²) in [5.41, 5.74) is 1.94. The third-order valence-electron chi connectivity index (χ3n) is 5.11. The van der Waals surface area contributed by atoms with Gasteiger partial charge in [0, 0.05) is 5.57 Å². The van der Waals surface area contributed by atoms with Crippen LogP contribution < -0.4 is 0 Å². The highest BCUT2D eigenvalue weighted by Gasteiger charge is 2.45. The van der Waals surface area contributed by atoms with Crippen LogP contribution in [0.25, 0.3) is 4.85 Å². The van der Waals surface area contributed by atoms with Crippen molar-refractivity contribution in [3.05, 3.63) is 23.1 Å². The van der Waals surface area contributed by atoms with Gasteiger partial charge in [-0.1, -0.05) is 26.8 Å². The molecule has 0 saturated heterocycles. The summed E-state index contributed by atoms with van der Waals surface area (Å²) in [6.07, 6.45) is 9.10. The highest BCUT2D eigenvalue weighted by atomic mass is 14.6. The van der Waals surface area contributed by atoms with E-state index in [1.807, 2.05) is 0 Å². The van der Waals surface area contributed by atoms with Gasteiger partial charge in [-0.05, 0) is 55.3 Å². The van der Waals surface area contributed by atoms with Crippen molar-refractivity contribution >= 4 is 0 Å². The maximum Gasteiger partial charge on any atom is 0.235 e. The lowest BCUT2D eigenvalue weighted by Crippen LogP contribution is -2.25. The van der Waals surface area contributed by atoms with Gasteiger partial charge in [-0.25, -0.2) is 6.57 Å². The van der Waals surface area contributed by atoms with Gasteiger partial charge >= 0.3 is 0 Å². The summed E-state index contributed by atoms with van der Waals surface area (Å²) in [6, 6.07) is 0. The summed E-state index contributed by atoms with van der Waals surface area (Å²) in [5, 5.41) is 0. The SMILES string of the molecule is [C-]#[N+]CC1=C[C@@H]2[C@@H](C(C)C)CC[C@]2(C)CCC1. The molecule has 17 heavy (non-hydrogen) atoms. The Morgan fingerprint density at radius 2 is 2.24 bits per heavy atom. The van der Waals surface area contributed by atoms with E-state index in [4.69, 9.17) is 6.57 Å². The Labute approximate surface area is 106 Å². The molecule has 0 N–H and O–H groups in total. The molecule has 0 radical (unpaired) electrons. The molecule has 0 aromatic carbocycles. The first kappa shape index (κ1) is 12.7. The first-order valence-electron chi connectivity index (χ1n) is 7.09. The number of allylic oxidation sites excluding steroid dienone is 1. The average molecular weight is 231 g/mol. The number of nitrogens with zero attached hydrogens (tertiary/aromatic N) is 1. The van der Waals surface area contributed by atoms with Crippen LogP contribution in [-0.2, 0) is 0 Å². The molecule has 0 bridgehead atoms. The predicted molar refractivity (Wildman–Crippen MR) is 72.6 cm³/mol. The maximum absolute atomic E-state index is 7.07. The topological polar surface area (TPSA) is 4.36 Å². The van der Waals surface area contributed by atoms with Gasteiger partial charge in [0.1, 0.15) is 0 Å². The van der Waals surface area contributed by atoms with Crippen molar-refractivity contribution in [2.75, 3.05) is 6.54 Å². The lowest BCUT2D eigenvalue weighted by Gasteiger charge is -2.32. The van der Waals surface area contributed by atoms with Crippen molar-refractivity contribution in [2.45, 2.75) is 52.9 Å². The lowest BCUT2D eigenvalue weighted by molar-refractivity contribution is 0.200. The van der Waals surface area contributed by atoms with Crippen LogP contribution in [0.1, 0.15) is 52.9 Å². The van der Waals surface area contributed by atoms with Gasteiger partial charge in [0.15, 0.2) is 0 Å². The molecular formula is C16H25N. The number of fused-ring (bicyclic) bond motifs is 1. The highest BCUT2D eigenvalue weighted by Crippen LogP contribution is 2.54. The molecule has 0 aromatic heterocycles. The molecule has 1 heteroatoms. The first-order valence-corrected chi connectivity index (χ1v) is 7.09. The molecule has 0 aliphatic heterocycles. The molecule has 0 spiro atoms. The molecule has 94 valence electrons. The summed E-state index contributed by atoms with van der Waals surface area (Å²) < 4.78 is 0. The van der Waals surface area contributed by atoms with Crippen molar-refractivity contribution in [2.24, 2.45) is 23.2 Å². The van der Waals surface area contributed by atoms with E-state index in [-0.39, 0.29) is 0 Å². The van der Waals surface area contributed by atoms with Crippen LogP contribution in [0.3, 0.4) is 0 Å². The van der Waals surface area contributed by atoms with Crippen LogP contribution in [-0.4, -0.2) is 6.54 Å². The number of hydrogen-bond donors (Lipinski definition) is 0. The standard InChI is InChI=1S/C16H25N/c1-12(2)14-7-9-16(3)8-5-6-13(11-17-4)10-15(14)16/h10,12,14-15H,5-9,11H2,1-3H3/t14-,15-,16+/m1/s1. The van der Waals surface area contributed by atoms with E-state index in [0.29, 0.717) is 12.0 Å². The van der Waals surface area contributed by atoms with E-state index < -0.39 is 0 Å². The third kappa shape index (κ3) is 2.41. The van der Waals surface area contributed by atoms with Crippen LogP contribution in [0.15, 0.2) is 11.6 Å². The number of hydrogen-bond acceptors (Lipinski definition) is 0. The Bertz CT molecular complexity index is 347. The van der Waals surface area contributed by atoms with Gasteiger partial charge in [-0.2, -0.15) is 0 Å². The summed E-state index contributed by atoms with van der Waals surface area (Å²) in [6.45, 7) is 14.9. The molecule has 2 aliphatic carbocycles. The Kier molecular flexibility index (Phi) is 3.61. The first-order chi connectivity index (χ1) is 8.07. The highest BCUT2D eigenvalue weighted by molar-refractivity contribution is 5.17. The minimum absolute atomic E-state index is 0.527. The smallest absolute Gasteiger partial charge is 0.235 e. The normalized spacial score (nSPS) is 37.2. The maximum atomic E-state index is 7.07. The molecule has 0 aromatic rings. The zero-order chi connectivity index (χ0) is 12.5. The second-order valence-electron chi connectivity index (χ2n) is 6.62. The molecule has 2 aliphatic rings. The second-order valence-corrected chi connectivity index (χ2v) is 6.62. The Morgan fingerprint density at radius 1 is 1.47 bits per heavy atom. The zero-order valence-electron chi connectivity index (χ0n) is 11.5. The van der Waals surface area contributed by atoms with E-state index in [2.05, 4.69) is 31.7 Å². The minimum atomic E-state index is 0.527. The van der Waals surface area contributed by atoms with Crippen LogP contribution in [0, 0.1) is 29.7 Å². The van der Waals surface area contributed by atoms with Crippen molar-refractivity contribution < 1.29 is 0 Å². The summed E-state index contributed by atoms with van der Waals surface area (Å²) in [5.74, 6) is 2.37. The van der Waals surface area contributed by atoms with Crippen molar-refractivity contribution in [3.8, 4) is 0 Å². The molecule has 3 atom stereocenters. The van der Waals surface area contributed by atoms with Crippen molar-refractivity contribution in [1.82, 2.24) is 0 Å². The van der Waals surface area contributed by atoms with Crippen molar-refractivity contribution in [1.29, 1.82) is 0 Å². The van der Waals surface area contributed by atoms with Crippen LogP contribution in [0.5, 0.6) is 0 Å². The van der Waals surface area contributed by atoms with Gasteiger partial charge in [-0.3, -0.25) is 0 Å². The number of rotatable bonds is 2. The molecule has 2 rings (SSSR count). The van der Waals surface area contributed by atoms with E-state index in [0.717, 1.165) is 17.8 Å². The molecule has 0 heterocycles. The zero-order valence-corrected chi connectivity index (χ0v) is 11.5. The van der Waals surface area contributed by atoms with E-state index in [1.54, 1.807) is 0 Å². The molecule has 0 unspecified atom stereocenters. The molecule has 0 amide bonds. The Hall–Kier alpha value is -0.770. The van der Waals surface area contributed by atoms with Crippen LogP contribution >= 0.6 is 0 Å². The van der Waals surface area contributed by atoms with Crippen LogP contribution in [0.4, 0.5) is 0 Å². The predicted octanol–water partition coefficient (Wildman–Crippen LogP) is 4.70. The van der Waals surface area contributed by atoms with E-state index in [9.17, 15) is 0 Å². The van der Waals surface area contributed by atoms with Gasteiger partial charge in [0.2, 0.25) is 6.54 Å². The summed E-state index contributed by atoms with van der Waals surface area (Å²) in [4.78, 5) is 3.59. The quantitative estimate of drug-likeness (QED) is 0.479. The molecular weight excluding hydrogens is 206 g/mol. The fraction of sp³-hybridized carbons (Fsp3) is 0.812. The summed E-state index contributed by atoms with van der Waals surface area (Å²) in [7, 11) is 0. The fourth-order valence-corrected chi connectivity index (χ4v) is 4.01.